The summed E-state index contributed by atoms with van der Waals surface area (Å²) in [6.45, 7) is 2.03. The summed E-state index contributed by atoms with van der Waals surface area (Å²) in [4.78, 5) is 16.2. The van der Waals surface area contributed by atoms with Gasteiger partial charge in [-0.25, -0.2) is 9.37 Å². The smallest absolute Gasteiger partial charge is 0.220 e. The predicted molar refractivity (Wildman–Crippen MR) is 103 cm³/mol. The minimum absolute atomic E-state index is 0.138. The Morgan fingerprint density at radius 3 is 2.78 bits per heavy atom. The molecule has 0 radical (unpaired) electrons. The summed E-state index contributed by atoms with van der Waals surface area (Å²) in [5, 5.41) is 3.81. The normalized spacial score (nSPS) is 10.8. The Balaban J connectivity index is 1.53. The highest BCUT2D eigenvalue weighted by atomic mass is 35.5. The molecule has 1 amide bonds. The molecule has 0 aliphatic rings. The van der Waals surface area contributed by atoms with Crippen LogP contribution in [0, 0.1) is 12.7 Å². The number of nitrogens with one attached hydrogen (secondary N) is 1. The van der Waals surface area contributed by atoms with Crippen molar-refractivity contribution in [3.63, 3.8) is 0 Å². The largest absolute Gasteiger partial charge is 0.441 e. The zero-order valence-corrected chi connectivity index (χ0v) is 16.1. The maximum Gasteiger partial charge on any atom is 0.220 e. The maximum absolute atomic E-state index is 13.3. The highest BCUT2D eigenvalue weighted by Gasteiger charge is 2.12. The summed E-state index contributed by atoms with van der Waals surface area (Å²) < 4.78 is 18.9. The van der Waals surface area contributed by atoms with Crippen molar-refractivity contribution in [2.24, 2.45) is 0 Å². The van der Waals surface area contributed by atoms with E-state index in [-0.39, 0.29) is 18.1 Å². The zero-order valence-electron chi connectivity index (χ0n) is 14.6. The highest BCUT2D eigenvalue weighted by molar-refractivity contribution is 6.36. The molecule has 1 N–H and O–H groups in total. The second-order valence-electron chi connectivity index (χ2n) is 6.10. The lowest BCUT2D eigenvalue weighted by Gasteiger charge is -2.06. The van der Waals surface area contributed by atoms with Crippen molar-refractivity contribution in [1.29, 1.82) is 0 Å². The van der Waals surface area contributed by atoms with Gasteiger partial charge in [0, 0.05) is 30.0 Å². The third kappa shape index (κ3) is 5.08. The van der Waals surface area contributed by atoms with Gasteiger partial charge in [0.15, 0.2) is 11.7 Å². The molecule has 2 aromatic carbocycles. The highest BCUT2D eigenvalue weighted by Crippen LogP contribution is 2.30. The first-order valence-corrected chi connectivity index (χ1v) is 9.10. The lowest BCUT2D eigenvalue weighted by atomic mass is 10.1. The Labute approximate surface area is 166 Å². The van der Waals surface area contributed by atoms with Gasteiger partial charge in [-0.3, -0.25) is 4.79 Å². The molecular weight excluding hydrogens is 390 g/mol. The number of rotatable bonds is 6. The second kappa shape index (κ2) is 8.55. The molecule has 3 aromatic rings. The van der Waals surface area contributed by atoms with E-state index >= 15 is 0 Å². The van der Waals surface area contributed by atoms with Crippen LogP contribution in [0.5, 0.6) is 0 Å². The van der Waals surface area contributed by atoms with Crippen LogP contribution >= 0.6 is 23.2 Å². The van der Waals surface area contributed by atoms with Crippen molar-refractivity contribution >= 4 is 29.1 Å². The summed E-state index contributed by atoms with van der Waals surface area (Å²) in [5.74, 6) is 0.574. The number of aryl methyl sites for hydroxylation is 2. The minimum Gasteiger partial charge on any atom is -0.441 e. The second-order valence-corrected chi connectivity index (χ2v) is 6.95. The molecule has 0 atom stereocenters. The molecule has 7 heteroatoms. The molecule has 4 nitrogen and oxygen atoms in total. The first kappa shape index (κ1) is 19.4. The van der Waals surface area contributed by atoms with Crippen molar-refractivity contribution in [2.45, 2.75) is 26.3 Å². The van der Waals surface area contributed by atoms with Gasteiger partial charge in [-0.1, -0.05) is 35.3 Å². The first-order chi connectivity index (χ1) is 12.9. The van der Waals surface area contributed by atoms with Crippen LogP contribution in [0.15, 0.2) is 47.0 Å². The van der Waals surface area contributed by atoms with Gasteiger partial charge in [0.2, 0.25) is 5.91 Å². The van der Waals surface area contributed by atoms with Crippen molar-refractivity contribution < 1.29 is 13.6 Å². The molecule has 3 rings (SSSR count). The van der Waals surface area contributed by atoms with Gasteiger partial charge >= 0.3 is 0 Å². The molecule has 0 bridgehead atoms. The zero-order chi connectivity index (χ0) is 19.4. The molecule has 0 fully saturated rings. The number of amides is 1. The Hall–Kier alpha value is -2.37. The number of oxazole rings is 1. The number of benzene rings is 2. The summed E-state index contributed by atoms with van der Waals surface area (Å²) >= 11 is 12.1. The molecule has 0 saturated heterocycles. The Morgan fingerprint density at radius 1 is 1.22 bits per heavy atom. The van der Waals surface area contributed by atoms with Crippen LogP contribution in [0.25, 0.3) is 11.3 Å². The van der Waals surface area contributed by atoms with E-state index in [4.69, 9.17) is 27.6 Å². The molecule has 27 heavy (non-hydrogen) atoms. The lowest BCUT2D eigenvalue weighted by Crippen LogP contribution is -2.23. The monoisotopic (exact) mass is 406 g/mol. The first-order valence-electron chi connectivity index (χ1n) is 8.34. The molecule has 0 spiro atoms. The van der Waals surface area contributed by atoms with Crippen molar-refractivity contribution in [1.82, 2.24) is 10.3 Å². The van der Waals surface area contributed by atoms with Gasteiger partial charge in [0.1, 0.15) is 5.82 Å². The van der Waals surface area contributed by atoms with Crippen molar-refractivity contribution in [2.75, 3.05) is 0 Å². The molecule has 0 saturated carbocycles. The number of hydrogen-bond donors (Lipinski definition) is 1. The number of nitrogens with zero attached hydrogens (tertiary/aromatic N) is 1. The Kier molecular flexibility index (Phi) is 6.14. The summed E-state index contributed by atoms with van der Waals surface area (Å²) in [5.41, 5.74) is 2.09. The molecular formula is C20H17Cl2FN2O2. The summed E-state index contributed by atoms with van der Waals surface area (Å²) in [6, 6.07) is 9.87. The number of carbonyl (C=O) groups excluding carboxylic acids is 1. The number of carbonyl (C=O) groups is 1. The van der Waals surface area contributed by atoms with E-state index in [1.807, 2.05) is 0 Å². The minimum atomic E-state index is -0.259. The van der Waals surface area contributed by atoms with E-state index in [1.54, 1.807) is 43.5 Å². The molecule has 140 valence electrons. The van der Waals surface area contributed by atoms with E-state index in [2.05, 4.69) is 10.3 Å². The van der Waals surface area contributed by atoms with Crippen LogP contribution in [0.1, 0.15) is 23.4 Å². The Bertz CT molecular complexity index is 972. The summed E-state index contributed by atoms with van der Waals surface area (Å²) in [7, 11) is 0. The average molecular weight is 407 g/mol. The van der Waals surface area contributed by atoms with Crippen LogP contribution in [0.4, 0.5) is 4.39 Å². The fourth-order valence-electron chi connectivity index (χ4n) is 2.57. The van der Waals surface area contributed by atoms with Gasteiger partial charge in [0.05, 0.1) is 11.2 Å². The number of hydrogen-bond acceptors (Lipinski definition) is 3. The van der Waals surface area contributed by atoms with E-state index in [1.165, 1.54) is 6.07 Å². The SMILES string of the molecule is Cc1cc(CNC(=O)CCc2ncc(-c3ccc(Cl)cc3Cl)o2)ccc1F. The molecule has 0 unspecified atom stereocenters. The van der Waals surface area contributed by atoms with Gasteiger partial charge < -0.3 is 9.73 Å². The van der Waals surface area contributed by atoms with E-state index in [9.17, 15) is 9.18 Å². The average Bonchev–Trinajstić information content (AvgIpc) is 3.09. The quantitative estimate of drug-likeness (QED) is 0.600. The van der Waals surface area contributed by atoms with Gasteiger partial charge in [0.25, 0.3) is 0 Å². The third-order valence-corrected chi connectivity index (χ3v) is 4.58. The Morgan fingerprint density at radius 2 is 2.04 bits per heavy atom. The number of aromatic nitrogens is 1. The summed E-state index contributed by atoms with van der Waals surface area (Å²) in [6.07, 6.45) is 2.16. The van der Waals surface area contributed by atoms with Crippen LogP contribution in [0.3, 0.4) is 0 Å². The van der Waals surface area contributed by atoms with Crippen molar-refractivity contribution in [3.05, 3.63) is 75.5 Å². The van der Waals surface area contributed by atoms with E-state index < -0.39 is 0 Å². The van der Waals surface area contributed by atoms with Crippen LogP contribution < -0.4 is 5.32 Å². The van der Waals surface area contributed by atoms with Gasteiger partial charge in [-0.2, -0.15) is 0 Å². The predicted octanol–water partition coefficient (Wildman–Crippen LogP) is 5.34. The van der Waals surface area contributed by atoms with Crippen LogP contribution in [-0.4, -0.2) is 10.9 Å². The maximum atomic E-state index is 13.3. The molecule has 0 aliphatic carbocycles. The van der Waals surface area contributed by atoms with Gasteiger partial charge in [-0.15, -0.1) is 0 Å². The van der Waals surface area contributed by atoms with E-state index in [0.717, 1.165) is 5.56 Å². The van der Waals surface area contributed by atoms with Gasteiger partial charge in [-0.05, 0) is 42.3 Å². The standard InChI is InChI=1S/C20H17Cl2FN2O2/c1-12-8-13(2-5-17(12)23)10-24-19(26)6-7-20-25-11-18(27-20)15-4-3-14(21)9-16(15)22/h2-5,8-9,11H,6-7,10H2,1H3,(H,24,26). The molecule has 1 heterocycles. The fourth-order valence-corrected chi connectivity index (χ4v) is 3.07. The topological polar surface area (TPSA) is 55.1 Å². The lowest BCUT2D eigenvalue weighted by molar-refractivity contribution is -0.121. The number of halogens is 3. The van der Waals surface area contributed by atoms with Crippen molar-refractivity contribution in [3.8, 4) is 11.3 Å². The van der Waals surface area contributed by atoms with Crippen LogP contribution in [-0.2, 0) is 17.8 Å². The fraction of sp³-hybridized carbons (Fsp3) is 0.200. The molecule has 1 aromatic heterocycles. The molecule has 0 aliphatic heterocycles. The van der Waals surface area contributed by atoms with E-state index in [0.29, 0.717) is 45.8 Å². The third-order valence-electron chi connectivity index (χ3n) is 4.03. The van der Waals surface area contributed by atoms with Crippen LogP contribution in [0.2, 0.25) is 10.0 Å².